The van der Waals surface area contributed by atoms with Crippen molar-refractivity contribution in [2.75, 3.05) is 11.9 Å². The molecule has 0 unspecified atom stereocenters. The number of aromatic nitrogens is 2. The maximum Gasteiger partial charge on any atom is 0.253 e. The number of carbonyl (C=O) groups excluding carboxylic acids is 1. The van der Waals surface area contributed by atoms with Crippen molar-refractivity contribution in [2.45, 2.75) is 13.5 Å². The molecular formula is C16H18N4O. The van der Waals surface area contributed by atoms with Crippen LogP contribution in [0.2, 0.25) is 0 Å². The van der Waals surface area contributed by atoms with E-state index in [1.807, 2.05) is 25.3 Å². The second-order valence-electron chi connectivity index (χ2n) is 4.59. The Morgan fingerprint density at radius 2 is 2.10 bits per heavy atom. The Hall–Kier alpha value is -2.69. The fraction of sp³-hybridized carbons (Fsp3) is 0.188. The minimum atomic E-state index is -0.156. The van der Waals surface area contributed by atoms with E-state index >= 15 is 0 Å². The quantitative estimate of drug-likeness (QED) is 0.798. The maximum atomic E-state index is 11.7. The number of pyridine rings is 2. The summed E-state index contributed by atoms with van der Waals surface area (Å²) in [7, 11) is 0. The van der Waals surface area contributed by atoms with Gasteiger partial charge in [-0.15, -0.1) is 6.58 Å². The van der Waals surface area contributed by atoms with Gasteiger partial charge in [-0.2, -0.15) is 0 Å². The van der Waals surface area contributed by atoms with E-state index in [0.717, 1.165) is 17.1 Å². The monoisotopic (exact) mass is 282 g/mol. The van der Waals surface area contributed by atoms with Gasteiger partial charge in [0.1, 0.15) is 5.82 Å². The highest BCUT2D eigenvalue weighted by Crippen LogP contribution is 2.07. The molecule has 0 aliphatic rings. The summed E-state index contributed by atoms with van der Waals surface area (Å²) < 4.78 is 0. The number of hydrogen-bond acceptors (Lipinski definition) is 4. The van der Waals surface area contributed by atoms with Gasteiger partial charge in [0.15, 0.2) is 0 Å². The van der Waals surface area contributed by atoms with E-state index in [4.69, 9.17) is 0 Å². The van der Waals surface area contributed by atoms with Crippen molar-refractivity contribution >= 4 is 11.7 Å². The third-order valence-corrected chi connectivity index (χ3v) is 2.88. The van der Waals surface area contributed by atoms with Crippen molar-refractivity contribution < 1.29 is 4.79 Å². The lowest BCUT2D eigenvalue weighted by Crippen LogP contribution is -2.23. The molecule has 0 radical (unpaired) electrons. The molecule has 1 amide bonds. The van der Waals surface area contributed by atoms with Crippen LogP contribution in [0.3, 0.4) is 0 Å². The molecular weight excluding hydrogens is 264 g/mol. The number of nitrogens with one attached hydrogen (secondary N) is 2. The molecule has 2 rings (SSSR count). The van der Waals surface area contributed by atoms with Crippen LogP contribution >= 0.6 is 0 Å². The van der Waals surface area contributed by atoms with Gasteiger partial charge in [-0.3, -0.25) is 9.78 Å². The standard InChI is InChI=1S/C16H18N4O/c1-3-8-17-16(21)14-6-7-15(20-11-14)19-10-13-5-4-12(2)18-9-13/h3-7,9,11H,1,8,10H2,2H3,(H,17,21)(H,19,20). The van der Waals surface area contributed by atoms with Crippen LogP contribution in [0.5, 0.6) is 0 Å². The Morgan fingerprint density at radius 1 is 1.24 bits per heavy atom. The summed E-state index contributed by atoms with van der Waals surface area (Å²) in [5.74, 6) is 0.563. The van der Waals surface area contributed by atoms with E-state index in [0.29, 0.717) is 18.7 Å². The zero-order chi connectivity index (χ0) is 15.1. The fourth-order valence-electron chi connectivity index (χ4n) is 1.70. The largest absolute Gasteiger partial charge is 0.366 e. The average Bonchev–Trinajstić information content (AvgIpc) is 2.52. The first-order valence-corrected chi connectivity index (χ1v) is 6.69. The molecule has 0 bridgehead atoms. The number of hydrogen-bond donors (Lipinski definition) is 2. The van der Waals surface area contributed by atoms with Crippen LogP contribution in [0, 0.1) is 6.92 Å². The van der Waals surface area contributed by atoms with Gasteiger partial charge in [0.25, 0.3) is 5.91 Å². The molecule has 0 aromatic carbocycles. The SMILES string of the molecule is C=CCNC(=O)c1ccc(NCc2ccc(C)nc2)nc1. The van der Waals surface area contributed by atoms with Crippen molar-refractivity contribution in [1.29, 1.82) is 0 Å². The van der Waals surface area contributed by atoms with Crippen LogP contribution in [0.15, 0.2) is 49.3 Å². The first-order valence-electron chi connectivity index (χ1n) is 6.69. The molecule has 2 aromatic heterocycles. The third-order valence-electron chi connectivity index (χ3n) is 2.88. The topological polar surface area (TPSA) is 66.9 Å². The molecule has 0 aliphatic heterocycles. The smallest absolute Gasteiger partial charge is 0.253 e. The molecule has 0 fully saturated rings. The van der Waals surface area contributed by atoms with Gasteiger partial charge in [-0.25, -0.2) is 4.98 Å². The highest BCUT2D eigenvalue weighted by atomic mass is 16.1. The Morgan fingerprint density at radius 3 is 2.71 bits per heavy atom. The Bertz CT molecular complexity index is 605. The first-order chi connectivity index (χ1) is 10.2. The van der Waals surface area contributed by atoms with E-state index in [9.17, 15) is 4.79 Å². The van der Waals surface area contributed by atoms with E-state index in [1.54, 1.807) is 24.4 Å². The van der Waals surface area contributed by atoms with Crippen LogP contribution in [-0.4, -0.2) is 22.4 Å². The number of rotatable bonds is 6. The number of anilines is 1. The molecule has 0 saturated heterocycles. The summed E-state index contributed by atoms with van der Waals surface area (Å²) in [5.41, 5.74) is 2.60. The zero-order valence-electron chi connectivity index (χ0n) is 12.0. The van der Waals surface area contributed by atoms with Gasteiger partial charge in [-0.1, -0.05) is 12.1 Å². The number of aryl methyl sites for hydroxylation is 1. The molecule has 0 atom stereocenters. The van der Waals surface area contributed by atoms with Crippen LogP contribution in [0.1, 0.15) is 21.6 Å². The van der Waals surface area contributed by atoms with Gasteiger partial charge in [0, 0.05) is 31.2 Å². The van der Waals surface area contributed by atoms with E-state index in [1.165, 1.54) is 0 Å². The fourth-order valence-corrected chi connectivity index (χ4v) is 1.70. The first kappa shape index (κ1) is 14.7. The summed E-state index contributed by atoms with van der Waals surface area (Å²) in [6, 6.07) is 7.51. The summed E-state index contributed by atoms with van der Waals surface area (Å²) >= 11 is 0. The van der Waals surface area contributed by atoms with Gasteiger partial charge < -0.3 is 10.6 Å². The Labute approximate surface area is 124 Å². The van der Waals surface area contributed by atoms with Crippen LogP contribution in [-0.2, 0) is 6.54 Å². The molecule has 2 aromatic rings. The van der Waals surface area contributed by atoms with Gasteiger partial charge in [-0.05, 0) is 30.7 Å². The molecule has 5 heteroatoms. The lowest BCUT2D eigenvalue weighted by Gasteiger charge is -2.07. The van der Waals surface area contributed by atoms with Crippen molar-refractivity contribution in [3.63, 3.8) is 0 Å². The number of nitrogens with zero attached hydrogens (tertiary/aromatic N) is 2. The van der Waals surface area contributed by atoms with E-state index in [-0.39, 0.29) is 5.91 Å². The predicted molar refractivity (Wildman–Crippen MR) is 83.1 cm³/mol. The van der Waals surface area contributed by atoms with Crippen LogP contribution in [0.25, 0.3) is 0 Å². The van der Waals surface area contributed by atoms with Crippen molar-refractivity contribution in [3.05, 3.63) is 66.1 Å². The second-order valence-corrected chi connectivity index (χ2v) is 4.59. The lowest BCUT2D eigenvalue weighted by atomic mass is 10.2. The average molecular weight is 282 g/mol. The van der Waals surface area contributed by atoms with Crippen molar-refractivity contribution in [3.8, 4) is 0 Å². The zero-order valence-corrected chi connectivity index (χ0v) is 12.0. The number of amides is 1. The molecule has 0 saturated carbocycles. The molecule has 2 heterocycles. The lowest BCUT2D eigenvalue weighted by molar-refractivity contribution is 0.0957. The predicted octanol–water partition coefficient (Wildman–Crippen LogP) is 2.31. The molecule has 0 aliphatic carbocycles. The summed E-state index contributed by atoms with van der Waals surface area (Å²) in [6.07, 6.45) is 5.02. The Balaban J connectivity index is 1.91. The molecule has 2 N–H and O–H groups in total. The summed E-state index contributed by atoms with van der Waals surface area (Å²) in [5, 5.41) is 5.90. The highest BCUT2D eigenvalue weighted by molar-refractivity contribution is 5.94. The summed E-state index contributed by atoms with van der Waals surface area (Å²) in [6.45, 7) is 6.59. The highest BCUT2D eigenvalue weighted by Gasteiger charge is 2.04. The minimum Gasteiger partial charge on any atom is -0.366 e. The minimum absolute atomic E-state index is 0.156. The third kappa shape index (κ3) is 4.42. The van der Waals surface area contributed by atoms with Crippen LogP contribution in [0.4, 0.5) is 5.82 Å². The second kappa shape index (κ2) is 7.19. The molecule has 108 valence electrons. The summed E-state index contributed by atoms with van der Waals surface area (Å²) in [4.78, 5) is 20.2. The van der Waals surface area contributed by atoms with E-state index in [2.05, 4.69) is 27.2 Å². The maximum absolute atomic E-state index is 11.7. The van der Waals surface area contributed by atoms with Gasteiger partial charge in [0.05, 0.1) is 5.56 Å². The van der Waals surface area contributed by atoms with Crippen molar-refractivity contribution in [1.82, 2.24) is 15.3 Å². The van der Waals surface area contributed by atoms with Gasteiger partial charge in [0.2, 0.25) is 0 Å². The number of carbonyl (C=O) groups is 1. The Kier molecular flexibility index (Phi) is 5.04. The normalized spacial score (nSPS) is 9.95. The van der Waals surface area contributed by atoms with Crippen LogP contribution < -0.4 is 10.6 Å². The molecule has 21 heavy (non-hydrogen) atoms. The molecule has 5 nitrogen and oxygen atoms in total. The van der Waals surface area contributed by atoms with E-state index < -0.39 is 0 Å². The molecule has 0 spiro atoms. The van der Waals surface area contributed by atoms with Gasteiger partial charge >= 0.3 is 0 Å². The van der Waals surface area contributed by atoms with Crippen molar-refractivity contribution in [2.24, 2.45) is 0 Å².